The minimum absolute atomic E-state index is 0.0610. The number of nitrogens with one attached hydrogen (secondary N) is 1. The van der Waals surface area contributed by atoms with Gasteiger partial charge in [-0.15, -0.1) is 11.3 Å². The molecular formula is C22H23ClN4OS2. The molecule has 2 aromatic carbocycles. The number of aromatic nitrogens is 1. The third-order valence-electron chi connectivity index (χ3n) is 4.96. The lowest BCUT2D eigenvalue weighted by molar-refractivity contribution is -0.113. The van der Waals surface area contributed by atoms with Gasteiger partial charge in [-0.05, 0) is 25.2 Å². The maximum absolute atomic E-state index is 12.6. The first-order valence-electron chi connectivity index (χ1n) is 9.75. The molecule has 5 nitrogen and oxygen atoms in total. The molecule has 1 aliphatic rings. The highest BCUT2D eigenvalue weighted by Crippen LogP contribution is 2.31. The number of carbonyl (C=O) groups excluding carboxylic acids is 1. The molecule has 1 N–H and O–H groups in total. The van der Waals surface area contributed by atoms with Crippen LogP contribution in [0.3, 0.4) is 0 Å². The van der Waals surface area contributed by atoms with Crippen molar-refractivity contribution in [1.29, 1.82) is 0 Å². The molecule has 3 aromatic rings. The van der Waals surface area contributed by atoms with Crippen LogP contribution in [-0.4, -0.2) is 54.8 Å². The number of rotatable bonds is 6. The van der Waals surface area contributed by atoms with Crippen molar-refractivity contribution in [2.45, 2.75) is 4.34 Å². The molecule has 1 aliphatic heterocycles. The number of nitrogens with zero attached hydrogens (tertiary/aromatic N) is 3. The minimum atomic E-state index is -0.0610. The van der Waals surface area contributed by atoms with Crippen LogP contribution in [0.4, 0.5) is 11.4 Å². The summed E-state index contributed by atoms with van der Waals surface area (Å²) in [5.74, 6) is 0.241. The lowest BCUT2D eigenvalue weighted by atomic mass is 10.2. The second-order valence-corrected chi connectivity index (χ2v) is 9.67. The first-order valence-corrected chi connectivity index (χ1v) is 12.0. The van der Waals surface area contributed by atoms with Gasteiger partial charge in [0.25, 0.3) is 0 Å². The molecule has 2 heterocycles. The van der Waals surface area contributed by atoms with Gasteiger partial charge in [0, 0.05) is 42.1 Å². The normalized spacial score (nSPS) is 14.7. The smallest absolute Gasteiger partial charge is 0.234 e. The summed E-state index contributed by atoms with van der Waals surface area (Å²) in [5.41, 5.74) is 3.81. The zero-order chi connectivity index (χ0) is 20.9. The molecule has 4 rings (SSSR count). The number of likely N-dealkylation sites (N-methyl/N-ethyl adjacent to an activating group) is 1. The van der Waals surface area contributed by atoms with Gasteiger partial charge in [0.05, 0.1) is 22.8 Å². The van der Waals surface area contributed by atoms with Crippen molar-refractivity contribution in [3.05, 3.63) is 58.9 Å². The van der Waals surface area contributed by atoms with Gasteiger partial charge in [-0.2, -0.15) is 0 Å². The quantitative estimate of drug-likeness (QED) is 0.530. The Labute approximate surface area is 190 Å². The van der Waals surface area contributed by atoms with Gasteiger partial charge in [0.15, 0.2) is 4.34 Å². The number of carbonyl (C=O) groups is 1. The molecule has 0 unspecified atom stereocenters. The van der Waals surface area contributed by atoms with Gasteiger partial charge in [-0.1, -0.05) is 53.7 Å². The van der Waals surface area contributed by atoms with Gasteiger partial charge in [0.2, 0.25) is 5.91 Å². The van der Waals surface area contributed by atoms with Crippen molar-refractivity contribution in [3.63, 3.8) is 0 Å². The lowest BCUT2D eigenvalue weighted by Gasteiger charge is -2.35. The van der Waals surface area contributed by atoms with E-state index in [-0.39, 0.29) is 5.91 Å². The SMILES string of the molecule is CN1CCN(c2ccc(Cl)cc2NC(=O)CSc2nc(-c3ccccc3)cs2)CC1. The molecule has 0 saturated carbocycles. The molecule has 0 spiro atoms. The van der Waals surface area contributed by atoms with E-state index in [4.69, 9.17) is 11.6 Å². The molecule has 0 atom stereocenters. The van der Waals surface area contributed by atoms with E-state index in [2.05, 4.69) is 27.1 Å². The maximum Gasteiger partial charge on any atom is 0.234 e. The zero-order valence-corrected chi connectivity index (χ0v) is 19.1. The Bertz CT molecular complexity index is 1000. The predicted molar refractivity (Wildman–Crippen MR) is 128 cm³/mol. The van der Waals surface area contributed by atoms with Gasteiger partial charge in [-0.25, -0.2) is 4.98 Å². The molecule has 8 heteroatoms. The van der Waals surface area contributed by atoms with Crippen LogP contribution in [0.15, 0.2) is 58.3 Å². The second-order valence-electron chi connectivity index (χ2n) is 7.15. The van der Waals surface area contributed by atoms with E-state index in [1.54, 1.807) is 11.3 Å². The number of halogens is 1. The van der Waals surface area contributed by atoms with E-state index in [9.17, 15) is 4.79 Å². The molecule has 1 aromatic heterocycles. The number of thiazole rings is 1. The van der Waals surface area contributed by atoms with Crippen LogP contribution in [0, 0.1) is 0 Å². The monoisotopic (exact) mass is 458 g/mol. The fourth-order valence-corrected chi connectivity index (χ4v) is 5.12. The van der Waals surface area contributed by atoms with Gasteiger partial charge < -0.3 is 15.1 Å². The van der Waals surface area contributed by atoms with Gasteiger partial charge in [-0.3, -0.25) is 4.79 Å². The first kappa shape index (κ1) is 21.2. The molecule has 1 amide bonds. The van der Waals surface area contributed by atoms with E-state index in [1.807, 2.05) is 53.9 Å². The largest absolute Gasteiger partial charge is 0.367 e. The van der Waals surface area contributed by atoms with Crippen molar-refractivity contribution < 1.29 is 4.79 Å². The molecule has 0 aliphatic carbocycles. The van der Waals surface area contributed by atoms with Crippen molar-refractivity contribution in [1.82, 2.24) is 9.88 Å². The average Bonchev–Trinajstić information content (AvgIpc) is 3.23. The Kier molecular flexibility index (Phi) is 6.94. The highest BCUT2D eigenvalue weighted by atomic mass is 35.5. The summed E-state index contributed by atoms with van der Waals surface area (Å²) in [6.07, 6.45) is 0. The summed E-state index contributed by atoms with van der Waals surface area (Å²) in [7, 11) is 2.13. The summed E-state index contributed by atoms with van der Waals surface area (Å²) in [5, 5.41) is 5.69. The summed E-state index contributed by atoms with van der Waals surface area (Å²) in [6, 6.07) is 15.8. The molecule has 156 valence electrons. The van der Waals surface area contributed by atoms with Crippen LogP contribution in [-0.2, 0) is 4.79 Å². The Balaban J connectivity index is 1.38. The fraction of sp³-hybridized carbons (Fsp3) is 0.273. The summed E-state index contributed by atoms with van der Waals surface area (Å²) in [6.45, 7) is 3.85. The molecule has 0 bridgehead atoms. The Hall–Kier alpha value is -2.06. The summed E-state index contributed by atoms with van der Waals surface area (Å²) in [4.78, 5) is 21.9. The number of piperazine rings is 1. The number of hydrogen-bond donors (Lipinski definition) is 1. The summed E-state index contributed by atoms with van der Waals surface area (Å²) >= 11 is 9.22. The topological polar surface area (TPSA) is 48.5 Å². The van der Waals surface area contributed by atoms with Crippen LogP contribution in [0.1, 0.15) is 0 Å². The van der Waals surface area contributed by atoms with Crippen LogP contribution < -0.4 is 10.2 Å². The number of thioether (sulfide) groups is 1. The van der Waals surface area contributed by atoms with Crippen molar-refractivity contribution in [3.8, 4) is 11.3 Å². The van der Waals surface area contributed by atoms with Crippen LogP contribution in [0.5, 0.6) is 0 Å². The number of hydrogen-bond acceptors (Lipinski definition) is 6. The van der Waals surface area contributed by atoms with E-state index >= 15 is 0 Å². The molecule has 0 radical (unpaired) electrons. The standard InChI is InChI=1S/C22H23ClN4OS2/c1-26-9-11-27(12-10-26)20-8-7-17(23)13-18(20)24-21(28)15-30-22-25-19(14-29-22)16-5-3-2-4-6-16/h2-8,13-14H,9-12,15H2,1H3,(H,24,28). The molecule has 1 saturated heterocycles. The van der Waals surface area contributed by atoms with E-state index in [1.165, 1.54) is 11.8 Å². The fourth-order valence-electron chi connectivity index (χ4n) is 3.31. The Morgan fingerprint density at radius 1 is 1.17 bits per heavy atom. The van der Waals surface area contributed by atoms with Gasteiger partial charge in [0.1, 0.15) is 0 Å². The second kappa shape index (κ2) is 9.83. The van der Waals surface area contributed by atoms with E-state index in [0.717, 1.165) is 53.2 Å². The zero-order valence-electron chi connectivity index (χ0n) is 16.7. The molecular weight excluding hydrogens is 436 g/mol. The Morgan fingerprint density at radius 3 is 2.70 bits per heavy atom. The van der Waals surface area contributed by atoms with Crippen molar-refractivity contribution >= 4 is 52.0 Å². The Morgan fingerprint density at radius 2 is 1.93 bits per heavy atom. The molecule has 1 fully saturated rings. The van der Waals surface area contributed by atoms with Crippen LogP contribution >= 0.6 is 34.7 Å². The maximum atomic E-state index is 12.6. The van der Waals surface area contributed by atoms with Crippen molar-refractivity contribution in [2.75, 3.05) is 49.2 Å². The van der Waals surface area contributed by atoms with Crippen molar-refractivity contribution in [2.24, 2.45) is 0 Å². The molecule has 30 heavy (non-hydrogen) atoms. The van der Waals surface area contributed by atoms with E-state index in [0.29, 0.717) is 10.8 Å². The number of anilines is 2. The first-order chi connectivity index (χ1) is 14.6. The van der Waals surface area contributed by atoms with Crippen LogP contribution in [0.25, 0.3) is 11.3 Å². The van der Waals surface area contributed by atoms with Crippen LogP contribution in [0.2, 0.25) is 5.02 Å². The van der Waals surface area contributed by atoms with Gasteiger partial charge >= 0.3 is 0 Å². The predicted octanol–water partition coefficient (Wildman–Crippen LogP) is 4.95. The number of amides is 1. The average molecular weight is 459 g/mol. The highest BCUT2D eigenvalue weighted by Gasteiger charge is 2.18. The van der Waals surface area contributed by atoms with E-state index < -0.39 is 0 Å². The lowest BCUT2D eigenvalue weighted by Crippen LogP contribution is -2.44. The highest BCUT2D eigenvalue weighted by molar-refractivity contribution is 8.01. The third kappa shape index (κ3) is 5.35. The minimum Gasteiger partial charge on any atom is -0.367 e. The summed E-state index contributed by atoms with van der Waals surface area (Å²) < 4.78 is 0.884. The third-order valence-corrected chi connectivity index (χ3v) is 7.21. The number of benzene rings is 2.